The van der Waals surface area contributed by atoms with Gasteiger partial charge in [-0.2, -0.15) is 0 Å². The number of nitrogens with two attached hydrogens (primary N) is 1. The molecule has 0 saturated carbocycles. The summed E-state index contributed by atoms with van der Waals surface area (Å²) in [6, 6.07) is 13.2. The fraction of sp³-hybridized carbons (Fsp3) is 0.364. The number of nitrogens with zero attached hydrogens (tertiary/aromatic N) is 1. The quantitative estimate of drug-likeness (QED) is 0.629. The number of morpholine rings is 1. The molecule has 154 valence electrons. The minimum Gasteiger partial charge on any atom is -0.396 e. The van der Waals surface area contributed by atoms with E-state index in [9.17, 15) is 9.59 Å². The van der Waals surface area contributed by atoms with E-state index in [0.717, 1.165) is 29.9 Å². The molecule has 0 spiro atoms. The molecule has 4 N–H and O–H groups in total. The van der Waals surface area contributed by atoms with E-state index < -0.39 is 5.91 Å². The number of benzene rings is 2. The predicted octanol–water partition coefficient (Wildman–Crippen LogP) is 1.73. The minimum atomic E-state index is -0.574. The van der Waals surface area contributed by atoms with Crippen LogP contribution in [0.2, 0.25) is 0 Å². The van der Waals surface area contributed by atoms with Crippen molar-refractivity contribution < 1.29 is 19.4 Å². The van der Waals surface area contributed by atoms with E-state index in [1.807, 2.05) is 30.3 Å². The van der Waals surface area contributed by atoms with Crippen LogP contribution in [-0.2, 0) is 22.4 Å². The molecule has 2 aromatic carbocycles. The summed E-state index contributed by atoms with van der Waals surface area (Å²) < 4.78 is 5.36. The fourth-order valence-electron chi connectivity index (χ4n) is 3.34. The number of nitrogens with one attached hydrogen (secondary N) is 1. The van der Waals surface area contributed by atoms with Crippen LogP contribution in [0.5, 0.6) is 0 Å². The van der Waals surface area contributed by atoms with Crippen molar-refractivity contribution in [2.24, 2.45) is 5.73 Å². The zero-order valence-corrected chi connectivity index (χ0v) is 16.4. The molecular formula is C22H27N3O4. The summed E-state index contributed by atoms with van der Waals surface area (Å²) in [6.07, 6.45) is 1.50. The molecule has 1 heterocycles. The van der Waals surface area contributed by atoms with Crippen LogP contribution < -0.4 is 16.0 Å². The molecule has 1 aliphatic rings. The van der Waals surface area contributed by atoms with Crippen molar-refractivity contribution in [3.8, 4) is 0 Å². The SMILES string of the molecule is NC(=O)c1cc(N2CCOCC2)ccc1NC(=O)CCc1ccc(CCO)cc1. The van der Waals surface area contributed by atoms with Crippen LogP contribution in [-0.4, -0.2) is 49.8 Å². The van der Waals surface area contributed by atoms with E-state index in [2.05, 4.69) is 10.2 Å². The normalized spacial score (nSPS) is 13.9. The smallest absolute Gasteiger partial charge is 0.250 e. The van der Waals surface area contributed by atoms with Crippen molar-refractivity contribution in [2.45, 2.75) is 19.3 Å². The number of carbonyl (C=O) groups is 2. The molecule has 0 atom stereocenters. The Morgan fingerprint density at radius 2 is 1.69 bits per heavy atom. The second-order valence-corrected chi connectivity index (χ2v) is 7.03. The topological polar surface area (TPSA) is 105 Å². The van der Waals surface area contributed by atoms with Gasteiger partial charge in [-0.15, -0.1) is 0 Å². The average Bonchev–Trinajstić information content (AvgIpc) is 2.74. The van der Waals surface area contributed by atoms with Crippen LogP contribution in [0.25, 0.3) is 0 Å². The van der Waals surface area contributed by atoms with Gasteiger partial charge in [0.05, 0.1) is 24.5 Å². The number of rotatable bonds is 8. The first-order chi connectivity index (χ1) is 14.1. The molecule has 1 aliphatic heterocycles. The van der Waals surface area contributed by atoms with Crippen molar-refractivity contribution >= 4 is 23.2 Å². The molecular weight excluding hydrogens is 370 g/mol. The van der Waals surface area contributed by atoms with Crippen LogP contribution in [0.4, 0.5) is 11.4 Å². The first kappa shape index (κ1) is 20.8. The summed E-state index contributed by atoms with van der Waals surface area (Å²) in [4.78, 5) is 26.4. The Balaban J connectivity index is 1.62. The maximum atomic E-state index is 12.4. The van der Waals surface area contributed by atoms with E-state index in [4.69, 9.17) is 15.6 Å². The number of hydrogen-bond donors (Lipinski definition) is 3. The Morgan fingerprint density at radius 3 is 2.31 bits per heavy atom. The second-order valence-electron chi connectivity index (χ2n) is 7.03. The van der Waals surface area contributed by atoms with E-state index >= 15 is 0 Å². The van der Waals surface area contributed by atoms with Gasteiger partial charge in [0.1, 0.15) is 0 Å². The average molecular weight is 397 g/mol. The first-order valence-corrected chi connectivity index (χ1v) is 9.82. The molecule has 1 fully saturated rings. The molecule has 0 aliphatic carbocycles. The molecule has 2 aromatic rings. The molecule has 2 amide bonds. The number of ether oxygens (including phenoxy) is 1. The number of aryl methyl sites for hydroxylation is 1. The highest BCUT2D eigenvalue weighted by Crippen LogP contribution is 2.24. The zero-order valence-electron chi connectivity index (χ0n) is 16.4. The van der Waals surface area contributed by atoms with Crippen LogP contribution in [0.3, 0.4) is 0 Å². The molecule has 7 heteroatoms. The molecule has 0 aromatic heterocycles. The number of amides is 2. The number of carbonyl (C=O) groups excluding carboxylic acids is 2. The lowest BCUT2D eigenvalue weighted by molar-refractivity contribution is -0.116. The first-order valence-electron chi connectivity index (χ1n) is 9.82. The molecule has 7 nitrogen and oxygen atoms in total. The highest BCUT2D eigenvalue weighted by molar-refractivity contribution is 6.03. The van der Waals surface area contributed by atoms with Gasteiger partial charge in [0.2, 0.25) is 5.91 Å². The van der Waals surface area contributed by atoms with Crippen molar-refractivity contribution in [1.29, 1.82) is 0 Å². The largest absolute Gasteiger partial charge is 0.396 e. The third-order valence-electron chi connectivity index (χ3n) is 4.98. The maximum absolute atomic E-state index is 12.4. The van der Waals surface area contributed by atoms with Gasteiger partial charge in [-0.1, -0.05) is 24.3 Å². The molecule has 0 radical (unpaired) electrons. The van der Waals surface area contributed by atoms with Crippen molar-refractivity contribution in [1.82, 2.24) is 0 Å². The Kier molecular flexibility index (Phi) is 7.21. The van der Waals surface area contributed by atoms with Gasteiger partial charge in [0, 0.05) is 31.8 Å². The number of anilines is 2. The van der Waals surface area contributed by atoms with Gasteiger partial charge in [0.25, 0.3) is 5.91 Å². The van der Waals surface area contributed by atoms with Crippen LogP contribution in [0.15, 0.2) is 42.5 Å². The third-order valence-corrected chi connectivity index (χ3v) is 4.98. The molecule has 3 rings (SSSR count). The van der Waals surface area contributed by atoms with Crippen molar-refractivity contribution in [3.63, 3.8) is 0 Å². The van der Waals surface area contributed by atoms with Crippen molar-refractivity contribution in [3.05, 3.63) is 59.2 Å². The Bertz CT molecular complexity index is 846. The Morgan fingerprint density at radius 1 is 1.03 bits per heavy atom. The van der Waals surface area contributed by atoms with Gasteiger partial charge in [-0.05, 0) is 42.2 Å². The number of primary amides is 1. The van der Waals surface area contributed by atoms with Gasteiger partial charge >= 0.3 is 0 Å². The highest BCUT2D eigenvalue weighted by atomic mass is 16.5. The van der Waals surface area contributed by atoms with E-state index in [0.29, 0.717) is 43.7 Å². The van der Waals surface area contributed by atoms with E-state index in [-0.39, 0.29) is 12.5 Å². The predicted molar refractivity (Wildman–Crippen MR) is 112 cm³/mol. The summed E-state index contributed by atoms with van der Waals surface area (Å²) >= 11 is 0. The van der Waals surface area contributed by atoms with Gasteiger partial charge in [-0.3, -0.25) is 9.59 Å². The summed E-state index contributed by atoms with van der Waals surface area (Å²) in [6.45, 7) is 2.91. The highest BCUT2D eigenvalue weighted by Gasteiger charge is 2.16. The number of aliphatic hydroxyl groups excluding tert-OH is 1. The number of hydrogen-bond acceptors (Lipinski definition) is 5. The monoisotopic (exact) mass is 397 g/mol. The van der Waals surface area contributed by atoms with Gasteiger partial charge in [-0.25, -0.2) is 0 Å². The summed E-state index contributed by atoms with van der Waals surface area (Å²) in [5.41, 5.74) is 9.27. The molecule has 0 bridgehead atoms. The second kappa shape index (κ2) is 10.0. The lowest BCUT2D eigenvalue weighted by Gasteiger charge is -2.29. The van der Waals surface area contributed by atoms with Crippen molar-refractivity contribution in [2.75, 3.05) is 43.1 Å². The van der Waals surface area contributed by atoms with Gasteiger partial charge < -0.3 is 25.8 Å². The minimum absolute atomic E-state index is 0.119. The van der Waals surface area contributed by atoms with E-state index in [1.54, 1.807) is 12.1 Å². The number of aliphatic hydroxyl groups is 1. The molecule has 29 heavy (non-hydrogen) atoms. The van der Waals surface area contributed by atoms with Crippen LogP contribution in [0, 0.1) is 0 Å². The summed E-state index contributed by atoms with van der Waals surface area (Å²) in [5, 5.41) is 11.8. The van der Waals surface area contributed by atoms with Crippen LogP contribution >= 0.6 is 0 Å². The third kappa shape index (κ3) is 5.79. The Hall–Kier alpha value is -2.90. The van der Waals surface area contributed by atoms with Gasteiger partial charge in [0.15, 0.2) is 0 Å². The lowest BCUT2D eigenvalue weighted by atomic mass is 10.1. The summed E-state index contributed by atoms with van der Waals surface area (Å²) in [5.74, 6) is -0.749. The lowest BCUT2D eigenvalue weighted by Crippen LogP contribution is -2.36. The fourth-order valence-corrected chi connectivity index (χ4v) is 3.34. The summed E-state index contributed by atoms with van der Waals surface area (Å²) in [7, 11) is 0. The molecule has 0 unspecified atom stereocenters. The molecule has 1 saturated heterocycles. The Labute approximate surface area is 170 Å². The van der Waals surface area contributed by atoms with E-state index in [1.165, 1.54) is 0 Å². The van der Waals surface area contributed by atoms with Crippen LogP contribution in [0.1, 0.15) is 27.9 Å². The zero-order chi connectivity index (χ0) is 20.6. The standard InChI is InChI=1S/C22H27N3O4/c23-22(28)19-15-18(25-10-13-29-14-11-25)6-7-20(19)24-21(27)8-5-16-1-3-17(4-2-16)9-12-26/h1-4,6-7,15,26H,5,8-14H2,(H2,23,28)(H,24,27). The maximum Gasteiger partial charge on any atom is 0.250 e.